The second-order valence-corrected chi connectivity index (χ2v) is 4.80. The zero-order valence-corrected chi connectivity index (χ0v) is 12.3. The number of hydrogen-bond donors (Lipinski definition) is 3. The van der Waals surface area contributed by atoms with E-state index < -0.39 is 0 Å². The van der Waals surface area contributed by atoms with Crippen LogP contribution in [0.2, 0.25) is 0 Å². The first-order valence-electron chi connectivity index (χ1n) is 6.80. The van der Waals surface area contributed by atoms with Crippen LogP contribution in [-0.2, 0) is 0 Å². The van der Waals surface area contributed by atoms with Gasteiger partial charge < -0.3 is 15.6 Å². The topological polar surface area (TPSA) is 86.6 Å². The minimum absolute atomic E-state index is 0.199. The molecule has 0 aliphatic heterocycles. The minimum atomic E-state index is -0.199. The number of nitrogens with zero attached hydrogens (tertiary/aromatic N) is 3. The zero-order chi connectivity index (χ0) is 15.5. The van der Waals surface area contributed by atoms with Gasteiger partial charge in [-0.25, -0.2) is 4.98 Å². The first-order valence-corrected chi connectivity index (χ1v) is 6.80. The van der Waals surface area contributed by atoms with E-state index in [1.807, 2.05) is 43.5 Å². The highest BCUT2D eigenvalue weighted by Gasteiger charge is 2.11. The fourth-order valence-electron chi connectivity index (χ4n) is 2.17. The third kappa shape index (κ3) is 2.69. The van der Waals surface area contributed by atoms with Crippen LogP contribution in [0.15, 0.2) is 52.6 Å². The number of rotatable bonds is 2. The maximum atomic E-state index is 12.1. The van der Waals surface area contributed by atoms with Crippen LogP contribution >= 0.6 is 0 Å². The van der Waals surface area contributed by atoms with Crippen molar-refractivity contribution in [2.45, 2.75) is 6.92 Å². The van der Waals surface area contributed by atoms with Crippen LogP contribution in [0.5, 0.6) is 0 Å². The van der Waals surface area contributed by atoms with Gasteiger partial charge in [0.1, 0.15) is 6.33 Å². The van der Waals surface area contributed by atoms with Crippen molar-refractivity contribution in [3.05, 3.63) is 58.9 Å². The van der Waals surface area contributed by atoms with E-state index in [4.69, 9.17) is 0 Å². The molecule has 0 unspecified atom stereocenters. The number of imidazole rings is 1. The molecular formula is C15H16N6O. The Hall–Kier alpha value is -3.09. The van der Waals surface area contributed by atoms with Gasteiger partial charge >= 0.3 is 0 Å². The molecule has 0 spiro atoms. The second-order valence-electron chi connectivity index (χ2n) is 4.80. The van der Waals surface area contributed by atoms with Crippen molar-refractivity contribution >= 4 is 23.0 Å². The van der Waals surface area contributed by atoms with Crippen LogP contribution in [0, 0.1) is 6.92 Å². The van der Waals surface area contributed by atoms with Crippen molar-refractivity contribution in [1.29, 1.82) is 0 Å². The lowest BCUT2D eigenvalue weighted by Crippen LogP contribution is -2.23. The number of H-pyrrole nitrogens is 1. The Morgan fingerprint density at radius 1 is 1.27 bits per heavy atom. The third-order valence-corrected chi connectivity index (χ3v) is 3.15. The molecule has 3 N–H and O–H groups in total. The molecule has 3 aromatic rings. The van der Waals surface area contributed by atoms with Gasteiger partial charge in [0.25, 0.3) is 5.56 Å². The Morgan fingerprint density at radius 2 is 2.05 bits per heavy atom. The lowest BCUT2D eigenvalue weighted by Gasteiger charge is -2.10. The molecule has 0 aliphatic rings. The van der Waals surface area contributed by atoms with Crippen molar-refractivity contribution in [3.8, 4) is 0 Å². The van der Waals surface area contributed by atoms with Crippen LogP contribution < -0.4 is 16.2 Å². The van der Waals surface area contributed by atoms with Crippen molar-refractivity contribution in [3.63, 3.8) is 0 Å². The molecule has 0 radical (unpaired) electrons. The predicted molar refractivity (Wildman–Crippen MR) is 87.6 cm³/mol. The average molecular weight is 296 g/mol. The van der Waals surface area contributed by atoms with Gasteiger partial charge in [0.05, 0.1) is 0 Å². The van der Waals surface area contributed by atoms with E-state index in [1.165, 1.54) is 0 Å². The number of anilines is 2. The lowest BCUT2D eigenvalue weighted by molar-refractivity contribution is 1.04. The van der Waals surface area contributed by atoms with Crippen molar-refractivity contribution in [1.82, 2.24) is 14.4 Å². The van der Waals surface area contributed by atoms with E-state index in [0.717, 1.165) is 11.4 Å². The Balaban J connectivity index is 1.90. The molecule has 112 valence electrons. The summed E-state index contributed by atoms with van der Waals surface area (Å²) in [5.74, 6) is 0.956. The average Bonchev–Trinajstić information content (AvgIpc) is 2.90. The molecule has 0 amide bonds. The predicted octanol–water partition coefficient (Wildman–Crippen LogP) is 1.84. The Morgan fingerprint density at radius 3 is 2.77 bits per heavy atom. The summed E-state index contributed by atoms with van der Waals surface area (Å²) in [5, 5.41) is 6.19. The number of aromatic nitrogens is 3. The first-order chi connectivity index (χ1) is 10.7. The zero-order valence-electron chi connectivity index (χ0n) is 12.3. The lowest BCUT2D eigenvalue weighted by atomic mass is 10.3. The Kier molecular flexibility index (Phi) is 3.61. The largest absolute Gasteiger partial charge is 0.326 e. The van der Waals surface area contributed by atoms with E-state index in [-0.39, 0.29) is 5.56 Å². The van der Waals surface area contributed by atoms with Crippen molar-refractivity contribution in [2.75, 3.05) is 17.7 Å². The summed E-state index contributed by atoms with van der Waals surface area (Å²) in [6.45, 7) is 1.82. The molecule has 0 bridgehead atoms. The third-order valence-electron chi connectivity index (χ3n) is 3.15. The highest BCUT2D eigenvalue weighted by atomic mass is 16.1. The summed E-state index contributed by atoms with van der Waals surface area (Å²) in [7, 11) is 1.66. The smallest absolute Gasteiger partial charge is 0.276 e. The second kappa shape index (κ2) is 5.72. The Labute approximate surface area is 126 Å². The first kappa shape index (κ1) is 13.9. The van der Waals surface area contributed by atoms with Crippen molar-refractivity contribution in [2.24, 2.45) is 4.99 Å². The van der Waals surface area contributed by atoms with Crippen LogP contribution in [-0.4, -0.2) is 27.4 Å². The van der Waals surface area contributed by atoms with Gasteiger partial charge in [-0.3, -0.25) is 14.2 Å². The summed E-state index contributed by atoms with van der Waals surface area (Å²) < 4.78 is 1.69. The molecule has 2 heterocycles. The van der Waals surface area contributed by atoms with Crippen molar-refractivity contribution < 1.29 is 0 Å². The number of nitrogens with one attached hydrogen (secondary N) is 3. The number of para-hydroxylation sites is 1. The van der Waals surface area contributed by atoms with Crippen LogP contribution in [0.3, 0.4) is 0 Å². The number of aryl methyl sites for hydroxylation is 1. The summed E-state index contributed by atoms with van der Waals surface area (Å²) in [6.07, 6.45) is 3.40. The summed E-state index contributed by atoms with van der Waals surface area (Å²) in [5.41, 5.74) is 1.91. The molecular weight excluding hydrogens is 280 g/mol. The van der Waals surface area contributed by atoms with Gasteiger partial charge in [-0.05, 0) is 19.1 Å². The van der Waals surface area contributed by atoms with Gasteiger partial charge in [0.2, 0.25) is 5.96 Å². The molecule has 2 aromatic heterocycles. The van der Waals surface area contributed by atoms with E-state index in [0.29, 0.717) is 17.3 Å². The molecule has 1 aromatic carbocycles. The highest BCUT2D eigenvalue weighted by molar-refractivity contribution is 6.04. The van der Waals surface area contributed by atoms with Crippen LogP contribution in [0.4, 0.5) is 11.5 Å². The van der Waals surface area contributed by atoms with Gasteiger partial charge in [0, 0.05) is 24.6 Å². The monoisotopic (exact) mass is 296 g/mol. The van der Waals surface area contributed by atoms with Gasteiger partial charge in [0.15, 0.2) is 11.3 Å². The number of hydrogen-bond acceptors (Lipinski definition) is 3. The summed E-state index contributed by atoms with van der Waals surface area (Å²) >= 11 is 0. The highest BCUT2D eigenvalue weighted by Crippen LogP contribution is 2.12. The fraction of sp³-hybridized carbons (Fsp3) is 0.133. The molecule has 0 saturated carbocycles. The number of benzene rings is 1. The molecule has 22 heavy (non-hydrogen) atoms. The van der Waals surface area contributed by atoms with E-state index >= 15 is 0 Å². The summed E-state index contributed by atoms with van der Waals surface area (Å²) in [4.78, 5) is 23.2. The van der Waals surface area contributed by atoms with Crippen LogP contribution in [0.1, 0.15) is 5.69 Å². The summed E-state index contributed by atoms with van der Waals surface area (Å²) in [6, 6.07) is 9.64. The van der Waals surface area contributed by atoms with Gasteiger partial charge in [-0.1, -0.05) is 18.2 Å². The number of aromatic amines is 1. The van der Waals surface area contributed by atoms with Crippen LogP contribution in [0.25, 0.3) is 5.52 Å². The molecule has 7 heteroatoms. The standard InChI is InChI=1S/C15H16N6O/c1-10-8-21-9-17-13(12(21)14(22)18-10)20-15(16-2)19-11-6-4-3-5-7-11/h3-9H,1-2H3,(H,18,22)(H2,16,19,20). The minimum Gasteiger partial charge on any atom is -0.326 e. The number of fused-ring (bicyclic) bond motifs is 1. The normalized spacial score (nSPS) is 11.6. The molecule has 0 fully saturated rings. The molecule has 7 nitrogen and oxygen atoms in total. The van der Waals surface area contributed by atoms with E-state index in [2.05, 4.69) is 25.6 Å². The van der Waals surface area contributed by atoms with Gasteiger partial charge in [-0.15, -0.1) is 0 Å². The molecule has 0 aliphatic carbocycles. The maximum Gasteiger partial charge on any atom is 0.276 e. The van der Waals surface area contributed by atoms with E-state index in [9.17, 15) is 4.79 Å². The SMILES string of the molecule is CN=C(Nc1ccccc1)Nc1ncn2cc(C)[nH]c(=O)c12. The van der Waals surface area contributed by atoms with E-state index in [1.54, 1.807) is 17.8 Å². The maximum absolute atomic E-state index is 12.1. The number of aliphatic imine (C=N–C) groups is 1. The molecule has 3 rings (SSSR count). The molecule has 0 saturated heterocycles. The Bertz CT molecular complexity index is 878. The van der Waals surface area contributed by atoms with Gasteiger partial charge in [-0.2, -0.15) is 0 Å². The number of guanidine groups is 1. The molecule has 0 atom stereocenters. The fourth-order valence-corrected chi connectivity index (χ4v) is 2.17. The quantitative estimate of drug-likeness (QED) is 0.497.